The van der Waals surface area contributed by atoms with Crippen LogP contribution in [-0.2, 0) is 4.74 Å². The van der Waals surface area contributed by atoms with Crippen LogP contribution < -0.4 is 5.32 Å². The van der Waals surface area contributed by atoms with Crippen molar-refractivity contribution in [2.24, 2.45) is 0 Å². The Morgan fingerprint density at radius 1 is 1.06 bits per heavy atom. The normalized spacial score (nSPS) is 14.7. The van der Waals surface area contributed by atoms with E-state index in [1.165, 1.54) is 11.1 Å². The number of rotatable bonds is 4. The maximum absolute atomic E-state index is 12.4. The molecule has 0 aliphatic carbocycles. The van der Waals surface area contributed by atoms with Gasteiger partial charge in [0.2, 0.25) is 0 Å². The highest BCUT2D eigenvalue weighted by molar-refractivity contribution is 5.74. The van der Waals surface area contributed by atoms with Crippen LogP contribution in [0.3, 0.4) is 0 Å². The van der Waals surface area contributed by atoms with Crippen LogP contribution in [0.5, 0.6) is 0 Å². The molecule has 2 aromatic heterocycles. The molecule has 1 aliphatic rings. The van der Waals surface area contributed by atoms with Gasteiger partial charge in [-0.05, 0) is 70.2 Å². The van der Waals surface area contributed by atoms with Crippen molar-refractivity contribution in [3.05, 3.63) is 78.2 Å². The molecular formula is C29H33N5O2. The second-order valence-electron chi connectivity index (χ2n) is 10.5. The zero-order valence-electron chi connectivity index (χ0n) is 21.4. The van der Waals surface area contributed by atoms with Crippen molar-refractivity contribution in [1.82, 2.24) is 19.3 Å². The molecule has 0 saturated carbocycles. The van der Waals surface area contributed by atoms with Crippen molar-refractivity contribution in [2.45, 2.75) is 52.1 Å². The van der Waals surface area contributed by atoms with E-state index in [4.69, 9.17) is 9.72 Å². The minimum atomic E-state index is -0.472. The molecule has 36 heavy (non-hydrogen) atoms. The molecule has 1 amide bonds. The molecular weight excluding hydrogens is 450 g/mol. The lowest BCUT2D eigenvalue weighted by atomic mass is 9.89. The smallest absolute Gasteiger partial charge is 0.410 e. The van der Waals surface area contributed by atoms with Gasteiger partial charge >= 0.3 is 6.09 Å². The Kier molecular flexibility index (Phi) is 6.39. The molecule has 1 saturated heterocycles. The molecule has 4 aromatic rings. The van der Waals surface area contributed by atoms with Gasteiger partial charge in [-0.2, -0.15) is 0 Å². The summed E-state index contributed by atoms with van der Waals surface area (Å²) < 4.78 is 7.61. The number of nitrogens with one attached hydrogen (secondary N) is 1. The number of piperidine rings is 1. The van der Waals surface area contributed by atoms with Crippen LogP contribution >= 0.6 is 0 Å². The first kappa shape index (κ1) is 23.9. The lowest BCUT2D eigenvalue weighted by molar-refractivity contribution is 0.0205. The molecule has 0 spiro atoms. The van der Waals surface area contributed by atoms with E-state index in [9.17, 15) is 4.79 Å². The molecule has 7 heteroatoms. The number of anilines is 2. The van der Waals surface area contributed by atoms with Gasteiger partial charge in [-0.1, -0.05) is 35.9 Å². The van der Waals surface area contributed by atoms with E-state index in [1.54, 1.807) is 6.20 Å². The van der Waals surface area contributed by atoms with Gasteiger partial charge in [-0.15, -0.1) is 0 Å². The number of imidazole rings is 1. The molecule has 0 radical (unpaired) electrons. The van der Waals surface area contributed by atoms with E-state index >= 15 is 0 Å². The van der Waals surface area contributed by atoms with Gasteiger partial charge in [0, 0.05) is 36.7 Å². The minimum absolute atomic E-state index is 0.222. The van der Waals surface area contributed by atoms with E-state index < -0.39 is 5.60 Å². The molecule has 5 rings (SSSR count). The van der Waals surface area contributed by atoms with E-state index in [0.717, 1.165) is 35.4 Å². The maximum atomic E-state index is 12.4. The second kappa shape index (κ2) is 9.64. The Morgan fingerprint density at radius 3 is 2.58 bits per heavy atom. The number of benzene rings is 2. The third-order valence-corrected chi connectivity index (χ3v) is 6.51. The molecule has 1 fully saturated rings. The summed E-state index contributed by atoms with van der Waals surface area (Å²) in [6.07, 6.45) is 7.26. The standard InChI is InChI=1S/C29H33N5O2/c1-20-7-5-9-23(17-20)25-19-31-26(27-30-13-16-34(25)27)32-24-10-6-8-22(18-24)21-11-14-33(15-12-21)28(35)36-29(2,3)4/h5-10,13,16-19,21H,11-12,14-15H2,1-4H3,(H,31,32). The SMILES string of the molecule is Cc1cccc(-c2cnc(Nc3cccc(C4CCN(C(=O)OC(C)(C)C)CC4)c3)c3nccn23)c1. The molecule has 7 nitrogen and oxygen atoms in total. The number of amides is 1. The van der Waals surface area contributed by atoms with Crippen molar-refractivity contribution in [3.63, 3.8) is 0 Å². The number of nitrogens with zero attached hydrogens (tertiary/aromatic N) is 4. The number of hydrogen-bond donors (Lipinski definition) is 1. The van der Waals surface area contributed by atoms with Gasteiger partial charge in [-0.25, -0.2) is 14.8 Å². The summed E-state index contributed by atoms with van der Waals surface area (Å²) in [5.41, 5.74) is 5.86. The first-order valence-electron chi connectivity index (χ1n) is 12.5. The number of aromatic nitrogens is 3. The van der Waals surface area contributed by atoms with Gasteiger partial charge < -0.3 is 15.0 Å². The first-order valence-corrected chi connectivity index (χ1v) is 12.5. The summed E-state index contributed by atoms with van der Waals surface area (Å²) in [6, 6.07) is 16.9. The van der Waals surface area contributed by atoms with Crippen LogP contribution in [0, 0.1) is 6.92 Å². The van der Waals surface area contributed by atoms with Crippen LogP contribution in [0.25, 0.3) is 16.9 Å². The number of ether oxygens (including phenoxy) is 1. The molecule has 0 unspecified atom stereocenters. The fourth-order valence-corrected chi connectivity index (χ4v) is 4.75. The van der Waals surface area contributed by atoms with Gasteiger partial charge in [0.15, 0.2) is 11.5 Å². The van der Waals surface area contributed by atoms with Crippen molar-refractivity contribution in [3.8, 4) is 11.3 Å². The van der Waals surface area contributed by atoms with Crippen LogP contribution in [0.2, 0.25) is 0 Å². The number of hydrogen-bond acceptors (Lipinski definition) is 5. The molecule has 3 heterocycles. The fourth-order valence-electron chi connectivity index (χ4n) is 4.75. The molecule has 186 valence electrons. The van der Waals surface area contributed by atoms with Crippen LogP contribution in [-0.4, -0.2) is 44.1 Å². The van der Waals surface area contributed by atoms with E-state index in [2.05, 4.69) is 70.2 Å². The first-order chi connectivity index (χ1) is 17.3. The number of carbonyl (C=O) groups is 1. The number of likely N-dealkylation sites (tertiary alicyclic amines) is 1. The summed E-state index contributed by atoms with van der Waals surface area (Å²) in [6.45, 7) is 9.20. The average Bonchev–Trinajstić information content (AvgIpc) is 3.34. The maximum Gasteiger partial charge on any atom is 0.410 e. The summed E-state index contributed by atoms with van der Waals surface area (Å²) in [4.78, 5) is 23.5. The van der Waals surface area contributed by atoms with Crippen molar-refractivity contribution >= 4 is 23.2 Å². The van der Waals surface area contributed by atoms with E-state index in [1.807, 2.05) is 38.1 Å². The fraction of sp³-hybridized carbons (Fsp3) is 0.345. The zero-order chi connectivity index (χ0) is 25.3. The third kappa shape index (κ3) is 5.20. The largest absolute Gasteiger partial charge is 0.444 e. The highest BCUT2D eigenvalue weighted by atomic mass is 16.6. The Hall–Kier alpha value is -3.87. The predicted octanol–water partition coefficient (Wildman–Crippen LogP) is 6.56. The Bertz CT molecular complexity index is 1380. The van der Waals surface area contributed by atoms with Gasteiger partial charge in [-0.3, -0.25) is 4.40 Å². The van der Waals surface area contributed by atoms with Gasteiger partial charge in [0.1, 0.15) is 5.60 Å². The molecule has 1 aliphatic heterocycles. The summed E-state index contributed by atoms with van der Waals surface area (Å²) in [5, 5.41) is 3.48. The third-order valence-electron chi connectivity index (χ3n) is 6.51. The van der Waals surface area contributed by atoms with Crippen molar-refractivity contribution < 1.29 is 9.53 Å². The number of aryl methyl sites for hydroxylation is 1. The Balaban J connectivity index is 1.31. The zero-order valence-corrected chi connectivity index (χ0v) is 21.4. The topological polar surface area (TPSA) is 71.8 Å². The molecule has 2 aromatic carbocycles. The lowest BCUT2D eigenvalue weighted by Crippen LogP contribution is -2.41. The highest BCUT2D eigenvalue weighted by Crippen LogP contribution is 2.32. The monoisotopic (exact) mass is 483 g/mol. The Morgan fingerprint density at radius 2 is 1.83 bits per heavy atom. The predicted molar refractivity (Wildman–Crippen MR) is 143 cm³/mol. The second-order valence-corrected chi connectivity index (χ2v) is 10.5. The summed E-state index contributed by atoms with van der Waals surface area (Å²) in [5.74, 6) is 1.11. The van der Waals surface area contributed by atoms with Crippen LogP contribution in [0.1, 0.15) is 50.7 Å². The van der Waals surface area contributed by atoms with E-state index in [0.29, 0.717) is 24.8 Å². The summed E-state index contributed by atoms with van der Waals surface area (Å²) >= 11 is 0. The molecule has 0 atom stereocenters. The van der Waals surface area contributed by atoms with Crippen LogP contribution in [0.15, 0.2) is 67.1 Å². The van der Waals surface area contributed by atoms with Crippen molar-refractivity contribution in [1.29, 1.82) is 0 Å². The van der Waals surface area contributed by atoms with Gasteiger partial charge in [0.25, 0.3) is 0 Å². The lowest BCUT2D eigenvalue weighted by Gasteiger charge is -2.33. The van der Waals surface area contributed by atoms with Gasteiger partial charge in [0.05, 0.1) is 11.9 Å². The quantitative estimate of drug-likeness (QED) is 0.356. The number of fused-ring (bicyclic) bond motifs is 1. The summed E-state index contributed by atoms with van der Waals surface area (Å²) in [7, 11) is 0. The van der Waals surface area contributed by atoms with E-state index in [-0.39, 0.29) is 6.09 Å². The number of carbonyl (C=O) groups excluding carboxylic acids is 1. The minimum Gasteiger partial charge on any atom is -0.444 e. The average molecular weight is 484 g/mol. The van der Waals surface area contributed by atoms with Crippen LogP contribution in [0.4, 0.5) is 16.3 Å². The Labute approximate surface area is 212 Å². The highest BCUT2D eigenvalue weighted by Gasteiger charge is 2.27. The van der Waals surface area contributed by atoms with Crippen molar-refractivity contribution in [2.75, 3.05) is 18.4 Å². The molecule has 0 bridgehead atoms. The molecule has 1 N–H and O–H groups in total.